The zero-order valence-corrected chi connectivity index (χ0v) is 11.9. The van der Waals surface area contributed by atoms with Gasteiger partial charge in [-0.3, -0.25) is 0 Å². The molecule has 7 heteroatoms. The molecule has 0 aromatic heterocycles. The van der Waals surface area contributed by atoms with E-state index in [-0.39, 0.29) is 5.97 Å². The second-order valence-electron chi connectivity index (χ2n) is 4.37. The molecule has 7 nitrogen and oxygen atoms in total. The molecule has 20 heavy (non-hydrogen) atoms. The van der Waals surface area contributed by atoms with Crippen LogP contribution in [0.2, 0.25) is 0 Å². The van der Waals surface area contributed by atoms with Crippen molar-refractivity contribution in [3.05, 3.63) is 12.2 Å². The van der Waals surface area contributed by atoms with Crippen LogP contribution in [0.25, 0.3) is 0 Å². The molecule has 0 aromatic rings. The molecule has 1 aliphatic rings. The normalized spacial score (nSPS) is 25.9. The number of rotatable bonds is 7. The molecular weight excluding hydrogens is 268 g/mol. The van der Waals surface area contributed by atoms with Crippen LogP contribution in [0.5, 0.6) is 0 Å². The summed E-state index contributed by atoms with van der Waals surface area (Å²) < 4.78 is 14.4. The van der Waals surface area contributed by atoms with Crippen molar-refractivity contribution in [3.63, 3.8) is 0 Å². The van der Waals surface area contributed by atoms with E-state index >= 15 is 0 Å². The van der Waals surface area contributed by atoms with Crippen molar-refractivity contribution in [2.24, 2.45) is 0 Å². The Balaban J connectivity index is 2.17. The second kappa shape index (κ2) is 7.98. The van der Waals surface area contributed by atoms with E-state index in [4.69, 9.17) is 14.5 Å². The highest BCUT2D eigenvalue weighted by molar-refractivity contribution is 5.81. The summed E-state index contributed by atoms with van der Waals surface area (Å²) in [7, 11) is 2.58. The third kappa shape index (κ3) is 4.92. The molecule has 2 atom stereocenters. The van der Waals surface area contributed by atoms with E-state index in [9.17, 15) is 9.59 Å². The molecule has 1 aliphatic heterocycles. The summed E-state index contributed by atoms with van der Waals surface area (Å²) in [5, 5.41) is 0. The van der Waals surface area contributed by atoms with Crippen LogP contribution in [-0.2, 0) is 33.6 Å². The fourth-order valence-corrected chi connectivity index (χ4v) is 1.63. The van der Waals surface area contributed by atoms with Gasteiger partial charge in [0, 0.05) is 19.4 Å². The van der Waals surface area contributed by atoms with Gasteiger partial charge in [-0.1, -0.05) is 6.08 Å². The summed E-state index contributed by atoms with van der Waals surface area (Å²) in [4.78, 5) is 32.0. The van der Waals surface area contributed by atoms with Crippen molar-refractivity contribution in [2.75, 3.05) is 14.2 Å². The van der Waals surface area contributed by atoms with Gasteiger partial charge >= 0.3 is 11.9 Å². The summed E-state index contributed by atoms with van der Waals surface area (Å²) in [6, 6.07) is 0. The van der Waals surface area contributed by atoms with Crippen molar-refractivity contribution in [3.8, 4) is 0 Å². The van der Waals surface area contributed by atoms with E-state index in [1.807, 2.05) is 0 Å². The van der Waals surface area contributed by atoms with E-state index in [0.717, 1.165) is 19.3 Å². The van der Waals surface area contributed by atoms with Crippen LogP contribution in [-0.4, -0.2) is 38.2 Å². The SMILES string of the molecule is COC(=O)/C=C/CCCCC1OOC(C)(C(=O)OC)O1. The van der Waals surface area contributed by atoms with Gasteiger partial charge in [-0.25, -0.2) is 14.5 Å². The van der Waals surface area contributed by atoms with E-state index in [2.05, 4.69) is 9.47 Å². The number of methoxy groups -OCH3 is 2. The molecule has 0 bridgehead atoms. The average molecular weight is 288 g/mol. The minimum atomic E-state index is -1.50. The lowest BCUT2D eigenvalue weighted by atomic mass is 10.2. The van der Waals surface area contributed by atoms with E-state index in [1.54, 1.807) is 6.08 Å². The van der Waals surface area contributed by atoms with Crippen molar-refractivity contribution < 1.29 is 33.6 Å². The molecular formula is C13H20O7. The molecule has 0 spiro atoms. The zero-order valence-electron chi connectivity index (χ0n) is 11.9. The molecule has 1 fully saturated rings. The van der Waals surface area contributed by atoms with Gasteiger partial charge in [0.05, 0.1) is 14.2 Å². The largest absolute Gasteiger partial charge is 0.466 e. The number of hydrogen-bond acceptors (Lipinski definition) is 7. The van der Waals surface area contributed by atoms with Crippen LogP contribution in [0, 0.1) is 0 Å². The van der Waals surface area contributed by atoms with Crippen molar-refractivity contribution in [1.82, 2.24) is 0 Å². The van der Waals surface area contributed by atoms with Crippen LogP contribution in [0.15, 0.2) is 12.2 Å². The predicted octanol–water partition coefficient (Wildman–Crippen LogP) is 1.47. The second-order valence-corrected chi connectivity index (χ2v) is 4.37. The molecule has 0 radical (unpaired) electrons. The fraction of sp³-hybridized carbons (Fsp3) is 0.692. The predicted molar refractivity (Wildman–Crippen MR) is 67.1 cm³/mol. The van der Waals surface area contributed by atoms with Crippen molar-refractivity contribution in [1.29, 1.82) is 0 Å². The van der Waals surface area contributed by atoms with E-state index < -0.39 is 18.0 Å². The first kappa shape index (κ1) is 16.6. The quantitative estimate of drug-likeness (QED) is 0.304. The molecule has 0 aliphatic carbocycles. The molecule has 114 valence electrons. The highest BCUT2D eigenvalue weighted by Crippen LogP contribution is 2.28. The summed E-state index contributed by atoms with van der Waals surface area (Å²) in [6.07, 6.45) is 5.53. The minimum absolute atomic E-state index is 0.366. The number of allylic oxidation sites excluding steroid dienone is 1. The van der Waals surface area contributed by atoms with Crippen LogP contribution >= 0.6 is 0 Å². The van der Waals surface area contributed by atoms with Gasteiger partial charge in [0.25, 0.3) is 5.79 Å². The molecule has 1 rings (SSSR count). The smallest absolute Gasteiger partial charge is 0.369 e. The first-order valence-corrected chi connectivity index (χ1v) is 6.37. The van der Waals surface area contributed by atoms with Crippen LogP contribution in [0.1, 0.15) is 32.6 Å². The maximum absolute atomic E-state index is 11.4. The number of hydrogen-bond donors (Lipinski definition) is 0. The molecule has 2 unspecified atom stereocenters. The highest BCUT2D eigenvalue weighted by Gasteiger charge is 2.47. The monoisotopic (exact) mass is 288 g/mol. The third-order valence-electron chi connectivity index (χ3n) is 2.74. The van der Waals surface area contributed by atoms with Gasteiger partial charge < -0.3 is 14.2 Å². The standard InChI is InChI=1S/C13H20O7/c1-13(12(15)17-3)18-11(19-20-13)9-7-5-4-6-8-10(14)16-2/h6,8,11H,4-5,7,9H2,1-3H3/b8-6+. The third-order valence-corrected chi connectivity index (χ3v) is 2.74. The van der Waals surface area contributed by atoms with E-state index in [0.29, 0.717) is 6.42 Å². The summed E-state index contributed by atoms with van der Waals surface area (Å²) in [5.41, 5.74) is 0. The maximum Gasteiger partial charge on any atom is 0.369 e. The zero-order chi connectivity index (χ0) is 15.0. The Labute approximate surface area is 117 Å². The molecule has 1 heterocycles. The van der Waals surface area contributed by atoms with Gasteiger partial charge in [0.15, 0.2) is 6.29 Å². The van der Waals surface area contributed by atoms with Crippen molar-refractivity contribution >= 4 is 11.9 Å². The number of esters is 2. The van der Waals surface area contributed by atoms with Crippen LogP contribution < -0.4 is 0 Å². The van der Waals surface area contributed by atoms with Gasteiger partial charge in [-0.05, 0) is 19.3 Å². The minimum Gasteiger partial charge on any atom is -0.466 e. The van der Waals surface area contributed by atoms with Gasteiger partial charge in [0.2, 0.25) is 0 Å². The Morgan fingerprint density at radius 3 is 2.65 bits per heavy atom. The van der Waals surface area contributed by atoms with Crippen LogP contribution in [0.3, 0.4) is 0 Å². The van der Waals surface area contributed by atoms with Crippen LogP contribution in [0.4, 0.5) is 0 Å². The lowest BCUT2D eigenvalue weighted by Gasteiger charge is -2.16. The lowest BCUT2D eigenvalue weighted by Crippen LogP contribution is -2.38. The molecule has 0 amide bonds. The Kier molecular flexibility index (Phi) is 6.63. The first-order valence-electron chi connectivity index (χ1n) is 6.37. The Hall–Kier alpha value is -1.44. The summed E-state index contributed by atoms with van der Waals surface area (Å²) >= 11 is 0. The summed E-state index contributed by atoms with van der Waals surface area (Å²) in [6.45, 7) is 1.44. The topological polar surface area (TPSA) is 80.3 Å². The molecule has 0 saturated carbocycles. The number of carbonyl (C=O) groups excluding carboxylic acids is 2. The van der Waals surface area contributed by atoms with Gasteiger partial charge in [-0.15, -0.1) is 0 Å². The van der Waals surface area contributed by atoms with Crippen molar-refractivity contribution in [2.45, 2.75) is 44.7 Å². The molecule has 0 aromatic carbocycles. The summed E-state index contributed by atoms with van der Waals surface area (Å²) in [5.74, 6) is -2.50. The molecule has 0 N–H and O–H groups in total. The van der Waals surface area contributed by atoms with Gasteiger partial charge in [0.1, 0.15) is 0 Å². The van der Waals surface area contributed by atoms with Gasteiger partial charge in [-0.2, -0.15) is 4.89 Å². The number of ether oxygens (including phenoxy) is 3. The lowest BCUT2D eigenvalue weighted by molar-refractivity contribution is -0.321. The Bertz CT molecular complexity index is 366. The highest BCUT2D eigenvalue weighted by atomic mass is 17.3. The first-order chi connectivity index (χ1) is 9.51. The number of unbranched alkanes of at least 4 members (excludes halogenated alkanes) is 2. The molecule has 1 saturated heterocycles. The average Bonchev–Trinajstić information content (AvgIpc) is 2.84. The number of carbonyl (C=O) groups is 2. The maximum atomic E-state index is 11.4. The van der Waals surface area contributed by atoms with E-state index in [1.165, 1.54) is 27.2 Å². The fourth-order valence-electron chi connectivity index (χ4n) is 1.63. The Morgan fingerprint density at radius 1 is 1.25 bits per heavy atom. The Morgan fingerprint density at radius 2 is 2.00 bits per heavy atom.